The monoisotopic (exact) mass is 306 g/mol. The second kappa shape index (κ2) is 5.87. The van der Waals surface area contributed by atoms with E-state index in [4.69, 9.17) is 22.1 Å². The van der Waals surface area contributed by atoms with Crippen molar-refractivity contribution in [3.8, 4) is 0 Å². The normalized spacial score (nSPS) is 14.6. The first kappa shape index (κ1) is 13.8. The molecule has 1 rings (SSSR count). The van der Waals surface area contributed by atoms with Crippen LogP contribution >= 0.6 is 27.5 Å². The van der Waals surface area contributed by atoms with Gasteiger partial charge in [0.2, 0.25) is 0 Å². The highest BCUT2D eigenvalue weighted by Gasteiger charge is 2.22. The largest absolute Gasteiger partial charge is 0.382 e. The summed E-state index contributed by atoms with van der Waals surface area (Å²) in [5.41, 5.74) is 6.41. The van der Waals surface area contributed by atoms with E-state index in [0.717, 1.165) is 10.2 Å². The topological polar surface area (TPSA) is 47.3 Å². The molecule has 1 aromatic carbocycles. The van der Waals surface area contributed by atoms with Gasteiger partial charge in [-0.15, -0.1) is 0 Å². The third kappa shape index (κ3) is 3.63. The molecule has 0 bridgehead atoms. The van der Waals surface area contributed by atoms with Gasteiger partial charge in [0, 0.05) is 23.8 Å². The number of ether oxygens (including phenoxy) is 1. The predicted octanol–water partition coefficient (Wildman–Crippen LogP) is 2.88. The van der Waals surface area contributed by atoms with Gasteiger partial charge in [0.15, 0.2) is 0 Å². The Morgan fingerprint density at radius 3 is 2.75 bits per heavy atom. The molecule has 90 valence electrons. The molecule has 0 radical (unpaired) electrons. The van der Waals surface area contributed by atoms with E-state index in [0.29, 0.717) is 18.2 Å². The fourth-order valence-corrected chi connectivity index (χ4v) is 1.88. The lowest BCUT2D eigenvalue weighted by Crippen LogP contribution is -2.46. The smallest absolute Gasteiger partial charge is 0.0702 e. The minimum absolute atomic E-state index is 0.276. The molecule has 3 nitrogen and oxygen atoms in total. The summed E-state index contributed by atoms with van der Waals surface area (Å²) >= 11 is 9.30. The van der Waals surface area contributed by atoms with Crippen molar-refractivity contribution < 1.29 is 4.74 Å². The molecule has 16 heavy (non-hydrogen) atoms. The van der Waals surface area contributed by atoms with Crippen LogP contribution in [0.2, 0.25) is 5.02 Å². The molecule has 0 aromatic heterocycles. The van der Waals surface area contributed by atoms with Crippen LogP contribution in [0.5, 0.6) is 0 Å². The number of benzene rings is 1. The number of anilines is 1. The number of rotatable bonds is 5. The summed E-state index contributed by atoms with van der Waals surface area (Å²) in [7, 11) is 1.66. The molecule has 0 aliphatic carbocycles. The Bertz CT molecular complexity index is 362. The third-order valence-corrected chi connectivity index (χ3v) is 3.49. The van der Waals surface area contributed by atoms with Crippen molar-refractivity contribution in [2.24, 2.45) is 5.73 Å². The van der Waals surface area contributed by atoms with Gasteiger partial charge in [0.05, 0.1) is 17.2 Å². The molecule has 0 aliphatic rings. The number of halogens is 2. The van der Waals surface area contributed by atoms with Crippen LogP contribution in [0.3, 0.4) is 0 Å². The predicted molar refractivity (Wildman–Crippen MR) is 72.1 cm³/mol. The van der Waals surface area contributed by atoms with E-state index in [1.807, 2.05) is 25.1 Å². The minimum atomic E-state index is -0.276. The van der Waals surface area contributed by atoms with E-state index >= 15 is 0 Å². The molecule has 0 saturated heterocycles. The Labute approximate surface area is 109 Å². The summed E-state index contributed by atoms with van der Waals surface area (Å²) in [5.74, 6) is 0. The summed E-state index contributed by atoms with van der Waals surface area (Å²) in [4.78, 5) is 0. The van der Waals surface area contributed by atoms with Crippen LogP contribution in [0, 0.1) is 0 Å². The zero-order chi connectivity index (χ0) is 12.2. The fourth-order valence-electron chi connectivity index (χ4n) is 1.39. The molecule has 0 aliphatic heterocycles. The molecule has 0 heterocycles. The van der Waals surface area contributed by atoms with Crippen molar-refractivity contribution in [1.82, 2.24) is 0 Å². The highest BCUT2D eigenvalue weighted by atomic mass is 79.9. The molecular weight excluding hydrogens is 291 g/mol. The van der Waals surface area contributed by atoms with Crippen LogP contribution < -0.4 is 11.1 Å². The van der Waals surface area contributed by atoms with Crippen LogP contribution in [0.15, 0.2) is 22.7 Å². The molecule has 1 aromatic rings. The molecule has 0 saturated carbocycles. The van der Waals surface area contributed by atoms with Crippen LogP contribution in [0.1, 0.15) is 6.92 Å². The molecule has 0 amide bonds. The summed E-state index contributed by atoms with van der Waals surface area (Å²) in [6, 6.07) is 5.67. The first-order chi connectivity index (χ1) is 7.50. The molecule has 5 heteroatoms. The summed E-state index contributed by atoms with van der Waals surface area (Å²) in [6.07, 6.45) is 0. The van der Waals surface area contributed by atoms with Crippen molar-refractivity contribution in [1.29, 1.82) is 0 Å². The Balaban J connectivity index is 2.81. The van der Waals surface area contributed by atoms with Gasteiger partial charge in [-0.25, -0.2) is 0 Å². The second-order valence-corrected chi connectivity index (χ2v) is 5.21. The lowest BCUT2D eigenvalue weighted by atomic mass is 10.0. The lowest BCUT2D eigenvalue weighted by molar-refractivity contribution is 0.153. The third-order valence-electron chi connectivity index (χ3n) is 2.28. The highest BCUT2D eigenvalue weighted by Crippen LogP contribution is 2.27. The zero-order valence-electron chi connectivity index (χ0n) is 9.39. The summed E-state index contributed by atoms with van der Waals surface area (Å²) < 4.78 is 6.00. The Hall–Kier alpha value is -0.290. The number of hydrogen-bond donors (Lipinski definition) is 2. The van der Waals surface area contributed by atoms with Crippen molar-refractivity contribution in [3.63, 3.8) is 0 Å². The number of nitrogens with two attached hydrogens (primary N) is 1. The Morgan fingerprint density at radius 2 is 2.25 bits per heavy atom. The van der Waals surface area contributed by atoms with Crippen molar-refractivity contribution in [3.05, 3.63) is 27.7 Å². The van der Waals surface area contributed by atoms with Crippen LogP contribution in [-0.2, 0) is 4.74 Å². The first-order valence-electron chi connectivity index (χ1n) is 4.93. The molecule has 1 atom stereocenters. The Kier molecular flexibility index (Phi) is 5.05. The number of nitrogens with one attached hydrogen (secondary N) is 1. The lowest BCUT2D eigenvalue weighted by Gasteiger charge is -2.29. The maximum absolute atomic E-state index is 5.92. The van der Waals surface area contributed by atoms with E-state index in [9.17, 15) is 0 Å². The van der Waals surface area contributed by atoms with Crippen molar-refractivity contribution >= 4 is 33.2 Å². The average Bonchev–Trinajstić information content (AvgIpc) is 2.24. The van der Waals surface area contributed by atoms with E-state index in [1.165, 1.54) is 0 Å². The standard InChI is InChI=1S/C11H16BrClN2O/c1-11(6-14,7-16-2)15-8-3-4-10(13)9(12)5-8/h3-5,15H,6-7,14H2,1-2H3. The molecular formula is C11H16BrClN2O. The average molecular weight is 308 g/mol. The van der Waals surface area contributed by atoms with Crippen LogP contribution in [0.4, 0.5) is 5.69 Å². The summed E-state index contributed by atoms with van der Waals surface area (Å²) in [6.45, 7) is 3.05. The van der Waals surface area contributed by atoms with E-state index in [-0.39, 0.29) is 5.54 Å². The van der Waals surface area contributed by atoms with Gasteiger partial charge in [-0.05, 0) is 41.1 Å². The highest BCUT2D eigenvalue weighted by molar-refractivity contribution is 9.10. The first-order valence-corrected chi connectivity index (χ1v) is 6.10. The van der Waals surface area contributed by atoms with Gasteiger partial charge in [-0.2, -0.15) is 0 Å². The van der Waals surface area contributed by atoms with E-state index < -0.39 is 0 Å². The van der Waals surface area contributed by atoms with Gasteiger partial charge in [-0.1, -0.05) is 11.6 Å². The van der Waals surface area contributed by atoms with Gasteiger partial charge < -0.3 is 15.8 Å². The van der Waals surface area contributed by atoms with E-state index in [1.54, 1.807) is 7.11 Å². The maximum atomic E-state index is 5.92. The van der Waals surface area contributed by atoms with Gasteiger partial charge in [-0.3, -0.25) is 0 Å². The molecule has 3 N–H and O–H groups in total. The van der Waals surface area contributed by atoms with Gasteiger partial charge in [0.25, 0.3) is 0 Å². The quantitative estimate of drug-likeness (QED) is 0.879. The van der Waals surface area contributed by atoms with Crippen molar-refractivity contribution in [2.45, 2.75) is 12.5 Å². The molecule has 0 spiro atoms. The minimum Gasteiger partial charge on any atom is -0.382 e. The SMILES string of the molecule is COCC(C)(CN)Nc1ccc(Cl)c(Br)c1. The number of methoxy groups -OCH3 is 1. The molecule has 0 fully saturated rings. The molecule has 1 unspecified atom stereocenters. The van der Waals surface area contributed by atoms with Crippen LogP contribution in [-0.4, -0.2) is 25.8 Å². The van der Waals surface area contributed by atoms with Gasteiger partial charge in [0.1, 0.15) is 0 Å². The fraction of sp³-hybridized carbons (Fsp3) is 0.455. The van der Waals surface area contributed by atoms with Crippen LogP contribution in [0.25, 0.3) is 0 Å². The summed E-state index contributed by atoms with van der Waals surface area (Å²) in [5, 5.41) is 4.02. The maximum Gasteiger partial charge on any atom is 0.0702 e. The number of hydrogen-bond acceptors (Lipinski definition) is 3. The van der Waals surface area contributed by atoms with Gasteiger partial charge >= 0.3 is 0 Å². The zero-order valence-corrected chi connectivity index (χ0v) is 11.7. The van der Waals surface area contributed by atoms with E-state index in [2.05, 4.69) is 21.2 Å². The Morgan fingerprint density at radius 1 is 1.56 bits per heavy atom. The van der Waals surface area contributed by atoms with Crippen molar-refractivity contribution in [2.75, 3.05) is 25.6 Å². The second-order valence-electron chi connectivity index (χ2n) is 3.95.